The molecule has 2 aromatic rings. The van der Waals surface area contributed by atoms with Crippen LogP contribution >= 0.6 is 0 Å². The zero-order valence-corrected chi connectivity index (χ0v) is 8.15. The van der Waals surface area contributed by atoms with Crippen molar-refractivity contribution >= 4 is 6.29 Å². The molecule has 0 unspecified atom stereocenters. The summed E-state index contributed by atoms with van der Waals surface area (Å²) in [6.07, 6.45) is 1.84. The molecule has 1 aromatic carbocycles. The van der Waals surface area contributed by atoms with E-state index in [2.05, 4.69) is 4.98 Å². The molecule has 0 aliphatic carbocycles. The monoisotopic (exact) mass is 219 g/mol. The summed E-state index contributed by atoms with van der Waals surface area (Å²) >= 11 is 0. The quantitative estimate of drug-likeness (QED) is 0.727. The summed E-state index contributed by atoms with van der Waals surface area (Å²) in [5.41, 5.74) is 0.397. The van der Waals surface area contributed by atoms with Crippen LogP contribution in [0.15, 0.2) is 36.5 Å². The molecule has 2 rings (SSSR count). The number of rotatable bonds is 2. The van der Waals surface area contributed by atoms with Crippen molar-refractivity contribution in [2.45, 2.75) is 0 Å². The molecule has 0 saturated heterocycles. The number of aldehydes is 1. The minimum absolute atomic E-state index is 0.132. The second kappa shape index (κ2) is 4.18. The highest BCUT2D eigenvalue weighted by atomic mass is 19.1. The van der Waals surface area contributed by atoms with Crippen molar-refractivity contribution in [2.75, 3.05) is 0 Å². The Hall–Kier alpha value is -2.10. The Morgan fingerprint density at radius 1 is 1.06 bits per heavy atom. The first-order chi connectivity index (χ1) is 7.72. The van der Waals surface area contributed by atoms with Gasteiger partial charge in [-0.25, -0.2) is 8.78 Å². The smallest absolute Gasteiger partial charge is 0.168 e. The molecule has 80 valence electrons. The Kier molecular flexibility index (Phi) is 2.72. The summed E-state index contributed by atoms with van der Waals surface area (Å²) in [6.45, 7) is 0. The Balaban J connectivity index is 2.54. The van der Waals surface area contributed by atoms with Crippen molar-refractivity contribution < 1.29 is 13.6 Å². The third-order valence-corrected chi connectivity index (χ3v) is 2.16. The maximum absolute atomic E-state index is 13.4. The first-order valence-electron chi connectivity index (χ1n) is 4.58. The number of hydrogen-bond acceptors (Lipinski definition) is 2. The number of carbonyl (C=O) groups excluding carboxylic acids is 1. The van der Waals surface area contributed by atoms with Crippen molar-refractivity contribution in [1.82, 2.24) is 4.98 Å². The molecule has 0 aliphatic rings. The van der Waals surface area contributed by atoms with E-state index < -0.39 is 11.6 Å². The molecule has 0 radical (unpaired) electrons. The highest BCUT2D eigenvalue weighted by molar-refractivity contribution is 5.73. The number of carbonyl (C=O) groups is 1. The van der Waals surface area contributed by atoms with Crippen molar-refractivity contribution in [2.24, 2.45) is 0 Å². The van der Waals surface area contributed by atoms with E-state index in [-0.39, 0.29) is 11.3 Å². The van der Waals surface area contributed by atoms with Crippen LogP contribution in [0, 0.1) is 11.6 Å². The Morgan fingerprint density at radius 3 is 2.25 bits per heavy atom. The van der Waals surface area contributed by atoms with Gasteiger partial charge in [-0.1, -0.05) is 12.1 Å². The molecule has 16 heavy (non-hydrogen) atoms. The highest BCUT2D eigenvalue weighted by Gasteiger charge is 2.10. The molecule has 0 amide bonds. The summed E-state index contributed by atoms with van der Waals surface area (Å²) in [7, 11) is 0. The van der Waals surface area contributed by atoms with Gasteiger partial charge in [-0.2, -0.15) is 0 Å². The van der Waals surface area contributed by atoms with Crippen molar-refractivity contribution in [1.29, 1.82) is 0 Å². The van der Waals surface area contributed by atoms with E-state index in [0.29, 0.717) is 11.8 Å². The normalized spacial score (nSPS) is 10.1. The summed E-state index contributed by atoms with van der Waals surface area (Å²) in [5, 5.41) is 0. The van der Waals surface area contributed by atoms with E-state index in [4.69, 9.17) is 0 Å². The second-order valence-corrected chi connectivity index (χ2v) is 3.19. The van der Waals surface area contributed by atoms with Gasteiger partial charge in [0.2, 0.25) is 0 Å². The van der Waals surface area contributed by atoms with E-state index >= 15 is 0 Å². The standard InChI is InChI=1S/C12H7F2NO/c13-10-2-1-3-11(14)12(10)8-4-5-9(7-16)15-6-8/h1-7H. The second-order valence-electron chi connectivity index (χ2n) is 3.19. The summed E-state index contributed by atoms with van der Waals surface area (Å²) < 4.78 is 26.8. The van der Waals surface area contributed by atoms with Crippen molar-refractivity contribution in [3.05, 3.63) is 53.9 Å². The first-order valence-corrected chi connectivity index (χ1v) is 4.58. The predicted octanol–water partition coefficient (Wildman–Crippen LogP) is 2.84. The van der Waals surface area contributed by atoms with Gasteiger partial charge in [0, 0.05) is 11.8 Å². The first kappa shape index (κ1) is 10.4. The van der Waals surface area contributed by atoms with Crippen LogP contribution in [0.5, 0.6) is 0 Å². The van der Waals surface area contributed by atoms with Gasteiger partial charge in [-0.3, -0.25) is 9.78 Å². The van der Waals surface area contributed by atoms with Crippen LogP contribution < -0.4 is 0 Å². The van der Waals surface area contributed by atoms with Gasteiger partial charge in [0.05, 0.1) is 5.56 Å². The average Bonchev–Trinajstić information content (AvgIpc) is 2.30. The number of hydrogen-bond donors (Lipinski definition) is 0. The van der Waals surface area contributed by atoms with Gasteiger partial charge in [-0.15, -0.1) is 0 Å². The number of aromatic nitrogens is 1. The number of benzene rings is 1. The zero-order chi connectivity index (χ0) is 11.5. The lowest BCUT2D eigenvalue weighted by Gasteiger charge is -2.04. The summed E-state index contributed by atoms with van der Waals surface area (Å²) in [5.74, 6) is -1.30. The minimum Gasteiger partial charge on any atom is -0.296 e. The van der Waals surface area contributed by atoms with Gasteiger partial charge in [0.25, 0.3) is 0 Å². The lowest BCUT2D eigenvalue weighted by atomic mass is 10.1. The Bertz CT molecular complexity index is 503. The largest absolute Gasteiger partial charge is 0.296 e. The van der Waals surface area contributed by atoms with E-state index in [9.17, 15) is 13.6 Å². The van der Waals surface area contributed by atoms with Crippen molar-refractivity contribution in [3.8, 4) is 11.1 Å². The molecule has 0 saturated carbocycles. The van der Waals surface area contributed by atoms with Gasteiger partial charge in [-0.05, 0) is 18.2 Å². The molecular weight excluding hydrogens is 212 g/mol. The van der Waals surface area contributed by atoms with Crippen LogP contribution in [0.3, 0.4) is 0 Å². The molecule has 0 fully saturated rings. The van der Waals surface area contributed by atoms with Crippen LogP contribution in [0.25, 0.3) is 11.1 Å². The number of halogens is 2. The van der Waals surface area contributed by atoms with E-state index in [1.54, 1.807) is 0 Å². The minimum atomic E-state index is -0.652. The van der Waals surface area contributed by atoms with E-state index in [1.807, 2.05) is 0 Å². The molecule has 1 heterocycles. The molecule has 0 N–H and O–H groups in total. The third kappa shape index (κ3) is 1.82. The Labute approximate surface area is 90.6 Å². The van der Waals surface area contributed by atoms with Gasteiger partial charge >= 0.3 is 0 Å². The number of nitrogens with zero attached hydrogens (tertiary/aromatic N) is 1. The van der Waals surface area contributed by atoms with Gasteiger partial charge in [0.1, 0.15) is 17.3 Å². The molecular formula is C12H7F2NO. The van der Waals surface area contributed by atoms with Crippen LogP contribution in [-0.4, -0.2) is 11.3 Å². The summed E-state index contributed by atoms with van der Waals surface area (Å²) in [6, 6.07) is 6.51. The molecule has 2 nitrogen and oxygen atoms in total. The van der Waals surface area contributed by atoms with E-state index in [1.165, 1.54) is 36.5 Å². The summed E-state index contributed by atoms with van der Waals surface area (Å²) in [4.78, 5) is 14.1. The van der Waals surface area contributed by atoms with Gasteiger partial charge < -0.3 is 0 Å². The fourth-order valence-corrected chi connectivity index (χ4v) is 1.40. The van der Waals surface area contributed by atoms with E-state index in [0.717, 1.165) is 0 Å². The van der Waals surface area contributed by atoms with Crippen molar-refractivity contribution in [3.63, 3.8) is 0 Å². The fourth-order valence-electron chi connectivity index (χ4n) is 1.40. The molecule has 4 heteroatoms. The fraction of sp³-hybridized carbons (Fsp3) is 0. The maximum atomic E-state index is 13.4. The maximum Gasteiger partial charge on any atom is 0.168 e. The lowest BCUT2D eigenvalue weighted by Crippen LogP contribution is -1.92. The molecule has 1 aromatic heterocycles. The highest BCUT2D eigenvalue weighted by Crippen LogP contribution is 2.24. The molecule has 0 spiro atoms. The molecule has 0 atom stereocenters. The van der Waals surface area contributed by atoms with Crippen LogP contribution in [0.2, 0.25) is 0 Å². The molecule has 0 bridgehead atoms. The zero-order valence-electron chi connectivity index (χ0n) is 8.15. The van der Waals surface area contributed by atoms with Crippen LogP contribution in [0.1, 0.15) is 10.5 Å². The Morgan fingerprint density at radius 2 is 1.75 bits per heavy atom. The van der Waals surface area contributed by atoms with Gasteiger partial charge in [0.15, 0.2) is 6.29 Å². The average molecular weight is 219 g/mol. The SMILES string of the molecule is O=Cc1ccc(-c2c(F)cccc2F)cn1. The lowest BCUT2D eigenvalue weighted by molar-refractivity contribution is 0.111. The third-order valence-electron chi connectivity index (χ3n) is 2.16. The predicted molar refractivity (Wildman–Crippen MR) is 55.0 cm³/mol. The number of pyridine rings is 1. The van der Waals surface area contributed by atoms with Crippen LogP contribution in [0.4, 0.5) is 8.78 Å². The molecule has 0 aliphatic heterocycles. The van der Waals surface area contributed by atoms with Crippen LogP contribution in [-0.2, 0) is 0 Å². The topological polar surface area (TPSA) is 30.0 Å².